The van der Waals surface area contributed by atoms with E-state index in [0.29, 0.717) is 19.0 Å². The Labute approximate surface area is 184 Å². The molecule has 3 aromatic rings. The monoisotopic (exact) mass is 467 g/mol. The Morgan fingerprint density at radius 2 is 1.94 bits per heavy atom. The lowest BCUT2D eigenvalue weighted by Gasteiger charge is -2.25. The normalized spacial score (nSPS) is 14.3. The Bertz CT molecular complexity index is 1100. The van der Waals surface area contributed by atoms with Gasteiger partial charge in [-0.2, -0.15) is 0 Å². The predicted octanol–water partition coefficient (Wildman–Crippen LogP) is 2.69. The van der Waals surface area contributed by atoms with Gasteiger partial charge in [0, 0.05) is 25.7 Å². The first kappa shape index (κ1) is 21.8. The van der Waals surface area contributed by atoms with Crippen LogP contribution in [0.2, 0.25) is 0 Å². The third-order valence-electron chi connectivity index (χ3n) is 4.76. The Morgan fingerprint density at radius 3 is 2.58 bits per heavy atom. The second-order valence-corrected chi connectivity index (χ2v) is 8.78. The molecule has 0 unspecified atom stereocenters. The van der Waals surface area contributed by atoms with E-state index in [2.05, 4.69) is 20.1 Å². The number of aliphatic hydroxyl groups excluding tert-OH is 1. The average molecular weight is 468 g/mol. The first-order chi connectivity index (χ1) is 14.9. The molecule has 2 aromatic heterocycles. The summed E-state index contributed by atoms with van der Waals surface area (Å²) in [6.45, 7) is 3.89. The van der Waals surface area contributed by atoms with Crippen molar-refractivity contribution >= 4 is 34.0 Å². The summed E-state index contributed by atoms with van der Waals surface area (Å²) in [6, 6.07) is 1.81. The highest BCUT2D eigenvalue weighted by molar-refractivity contribution is 7.99. The quantitative estimate of drug-likeness (QED) is 0.553. The predicted molar refractivity (Wildman–Crippen MR) is 112 cm³/mol. The summed E-state index contributed by atoms with van der Waals surface area (Å²) in [4.78, 5) is 18.8. The van der Waals surface area contributed by atoms with Crippen molar-refractivity contribution in [3.63, 3.8) is 0 Å². The second-order valence-electron chi connectivity index (χ2n) is 6.83. The van der Waals surface area contributed by atoms with Crippen molar-refractivity contribution in [2.45, 2.75) is 17.0 Å². The molecule has 1 N–H and O–H groups in total. The lowest BCUT2D eigenvalue weighted by atomic mass is 10.1. The van der Waals surface area contributed by atoms with Gasteiger partial charge in [-0.3, -0.25) is 4.79 Å². The summed E-state index contributed by atoms with van der Waals surface area (Å²) in [5, 5.41) is 18.3. The first-order valence-corrected chi connectivity index (χ1v) is 11.0. The molecule has 0 atom stereocenters. The molecule has 1 aromatic carbocycles. The Morgan fingerprint density at radius 1 is 1.26 bits per heavy atom. The molecule has 1 saturated heterocycles. The van der Waals surface area contributed by atoms with Crippen LogP contribution < -0.4 is 4.90 Å². The number of aliphatic hydroxyl groups is 1. The molecule has 1 aliphatic heterocycles. The molecular formula is C19H19F2N5O3S2. The van der Waals surface area contributed by atoms with Crippen LogP contribution in [-0.2, 0) is 11.8 Å². The fraction of sp³-hybridized carbons (Fsp3) is 0.368. The van der Waals surface area contributed by atoms with Crippen LogP contribution in [0.5, 0.6) is 0 Å². The Balaban J connectivity index is 1.61. The van der Waals surface area contributed by atoms with E-state index < -0.39 is 24.0 Å². The fourth-order valence-electron chi connectivity index (χ4n) is 3.08. The highest BCUT2D eigenvalue weighted by Crippen LogP contribution is 2.37. The maximum Gasteiger partial charge on any atom is 0.196 e. The van der Waals surface area contributed by atoms with E-state index in [1.165, 1.54) is 11.3 Å². The van der Waals surface area contributed by atoms with Gasteiger partial charge < -0.3 is 19.3 Å². The van der Waals surface area contributed by atoms with Gasteiger partial charge in [-0.15, -0.1) is 10.2 Å². The van der Waals surface area contributed by atoms with Gasteiger partial charge in [-0.05, 0) is 30.8 Å². The van der Waals surface area contributed by atoms with Crippen molar-refractivity contribution in [2.24, 2.45) is 7.05 Å². The molecule has 8 nitrogen and oxygen atoms in total. The van der Waals surface area contributed by atoms with E-state index in [1.54, 1.807) is 11.6 Å². The lowest BCUT2D eigenvalue weighted by Crippen LogP contribution is -2.36. The van der Waals surface area contributed by atoms with Crippen molar-refractivity contribution in [3.8, 4) is 10.7 Å². The molecule has 0 saturated carbocycles. The Kier molecular flexibility index (Phi) is 6.32. The number of ether oxygens (including phenoxy) is 1. The standard InChI is InChI=1S/C19H19F2N5O3S2/c1-10-15(30-18(22-10)26-3-5-29-6-4-26)17-23-24-19(25(17)2)31-16-12(20)7-11(8-13(16)21)14(28)9-27/h7-8,27H,3-6,9H2,1-2H3. The highest BCUT2D eigenvalue weighted by atomic mass is 32.2. The number of nitrogens with zero attached hydrogens (tertiary/aromatic N) is 5. The second kappa shape index (κ2) is 8.99. The molecule has 4 rings (SSSR count). The SMILES string of the molecule is Cc1nc(N2CCOCC2)sc1-c1nnc(Sc2c(F)cc(C(=O)CO)cc2F)n1C. The maximum atomic E-state index is 14.5. The van der Waals surface area contributed by atoms with Crippen LogP contribution in [0.1, 0.15) is 16.1 Å². The van der Waals surface area contributed by atoms with Crippen LogP contribution in [0, 0.1) is 18.6 Å². The number of hydrogen-bond acceptors (Lipinski definition) is 9. The van der Waals surface area contributed by atoms with E-state index >= 15 is 0 Å². The molecule has 0 spiro atoms. The number of halogens is 2. The lowest BCUT2D eigenvalue weighted by molar-refractivity contribution is 0.0902. The third-order valence-corrected chi connectivity index (χ3v) is 7.11. The average Bonchev–Trinajstić information content (AvgIpc) is 3.32. The number of hydrogen-bond donors (Lipinski definition) is 1. The minimum absolute atomic E-state index is 0.226. The zero-order chi connectivity index (χ0) is 22.1. The van der Waals surface area contributed by atoms with Gasteiger partial charge >= 0.3 is 0 Å². The third kappa shape index (κ3) is 4.33. The molecule has 31 heavy (non-hydrogen) atoms. The van der Waals surface area contributed by atoms with Crippen LogP contribution in [0.15, 0.2) is 22.2 Å². The van der Waals surface area contributed by atoms with Crippen LogP contribution in [0.25, 0.3) is 10.7 Å². The number of ketones is 1. The number of morpholine rings is 1. The fourth-order valence-corrected chi connectivity index (χ4v) is 5.02. The van der Waals surface area contributed by atoms with E-state index in [0.717, 1.165) is 52.7 Å². The largest absolute Gasteiger partial charge is 0.388 e. The summed E-state index contributed by atoms with van der Waals surface area (Å²) in [6.07, 6.45) is 0. The van der Waals surface area contributed by atoms with Crippen molar-refractivity contribution < 1.29 is 23.4 Å². The van der Waals surface area contributed by atoms with Crippen molar-refractivity contribution in [1.29, 1.82) is 0 Å². The highest BCUT2D eigenvalue weighted by Gasteiger charge is 2.23. The van der Waals surface area contributed by atoms with Gasteiger partial charge in [-0.1, -0.05) is 11.3 Å². The van der Waals surface area contributed by atoms with Crippen LogP contribution in [0.3, 0.4) is 0 Å². The zero-order valence-corrected chi connectivity index (χ0v) is 18.4. The topological polar surface area (TPSA) is 93.4 Å². The van der Waals surface area contributed by atoms with Crippen LogP contribution >= 0.6 is 23.1 Å². The maximum absolute atomic E-state index is 14.5. The first-order valence-electron chi connectivity index (χ1n) is 9.40. The van der Waals surface area contributed by atoms with Crippen LogP contribution in [0.4, 0.5) is 13.9 Å². The molecule has 1 aliphatic rings. The zero-order valence-electron chi connectivity index (χ0n) is 16.8. The summed E-state index contributed by atoms with van der Waals surface area (Å²) < 4.78 is 35.9. The Hall–Kier alpha value is -2.41. The molecule has 164 valence electrons. The minimum Gasteiger partial charge on any atom is -0.388 e. The molecule has 0 radical (unpaired) electrons. The van der Waals surface area contributed by atoms with Crippen molar-refractivity contribution in [1.82, 2.24) is 19.7 Å². The summed E-state index contributed by atoms with van der Waals surface area (Å²) in [5.74, 6) is -2.03. The van der Waals surface area contributed by atoms with Crippen molar-refractivity contribution in [2.75, 3.05) is 37.8 Å². The van der Waals surface area contributed by atoms with Gasteiger partial charge in [0.1, 0.15) is 18.2 Å². The molecule has 0 bridgehead atoms. The number of aromatic nitrogens is 4. The number of anilines is 1. The molecular weight excluding hydrogens is 448 g/mol. The van der Waals surface area contributed by atoms with E-state index in [-0.39, 0.29) is 15.6 Å². The van der Waals surface area contributed by atoms with Gasteiger partial charge in [0.05, 0.1) is 28.7 Å². The van der Waals surface area contributed by atoms with E-state index in [1.807, 2.05) is 6.92 Å². The number of carbonyl (C=O) groups excluding carboxylic acids is 1. The van der Waals surface area contributed by atoms with Gasteiger partial charge in [0.25, 0.3) is 0 Å². The van der Waals surface area contributed by atoms with Crippen LogP contribution in [-0.4, -0.2) is 63.5 Å². The van der Waals surface area contributed by atoms with Gasteiger partial charge in [0.2, 0.25) is 0 Å². The number of carbonyl (C=O) groups is 1. The molecule has 12 heteroatoms. The summed E-state index contributed by atoms with van der Waals surface area (Å²) >= 11 is 2.26. The van der Waals surface area contributed by atoms with Gasteiger partial charge in [-0.25, -0.2) is 13.8 Å². The van der Waals surface area contributed by atoms with E-state index in [4.69, 9.17) is 9.84 Å². The number of Topliss-reactive ketones (excluding diaryl/α,β-unsaturated/α-hetero) is 1. The smallest absolute Gasteiger partial charge is 0.196 e. The molecule has 3 heterocycles. The van der Waals surface area contributed by atoms with Gasteiger partial charge in [0.15, 0.2) is 21.9 Å². The van der Waals surface area contributed by atoms with Crippen molar-refractivity contribution in [3.05, 3.63) is 35.0 Å². The number of rotatable bonds is 6. The number of thiazole rings is 1. The summed E-state index contributed by atoms with van der Waals surface area (Å²) in [5.41, 5.74) is 0.569. The number of aryl methyl sites for hydroxylation is 1. The summed E-state index contributed by atoms with van der Waals surface area (Å²) in [7, 11) is 1.71. The molecule has 0 aliphatic carbocycles. The number of benzene rings is 1. The minimum atomic E-state index is -0.907. The molecule has 0 amide bonds. The molecule has 1 fully saturated rings. The van der Waals surface area contributed by atoms with E-state index in [9.17, 15) is 13.6 Å².